The average Bonchev–Trinajstić information content (AvgIpc) is 2.76. The summed E-state index contributed by atoms with van der Waals surface area (Å²) < 4.78 is 11.1. The SMILES string of the molecule is COc1cc(C)ccc1Oc1ccc(NC(=O)CSCC(=O)Nc2cccc(C)c2)cn1. The molecule has 1 aromatic heterocycles. The quantitative estimate of drug-likeness (QED) is 0.485. The van der Waals surface area contributed by atoms with E-state index in [0.29, 0.717) is 23.1 Å². The summed E-state index contributed by atoms with van der Waals surface area (Å²) in [5, 5.41) is 5.58. The number of methoxy groups -OCH3 is 1. The van der Waals surface area contributed by atoms with Gasteiger partial charge >= 0.3 is 0 Å². The van der Waals surface area contributed by atoms with Crippen LogP contribution in [0.1, 0.15) is 11.1 Å². The third kappa shape index (κ3) is 7.02. The number of hydrogen-bond acceptors (Lipinski definition) is 6. The molecule has 0 aliphatic carbocycles. The van der Waals surface area contributed by atoms with Crippen LogP contribution in [0.25, 0.3) is 0 Å². The maximum absolute atomic E-state index is 12.1. The topological polar surface area (TPSA) is 89.5 Å². The van der Waals surface area contributed by atoms with Crippen LogP contribution < -0.4 is 20.1 Å². The number of aryl methyl sites for hydroxylation is 2. The van der Waals surface area contributed by atoms with E-state index >= 15 is 0 Å². The molecule has 3 aromatic rings. The first-order valence-corrected chi connectivity index (χ1v) is 11.1. The molecule has 32 heavy (non-hydrogen) atoms. The van der Waals surface area contributed by atoms with Gasteiger partial charge in [0, 0.05) is 11.8 Å². The van der Waals surface area contributed by atoms with Gasteiger partial charge in [-0.3, -0.25) is 9.59 Å². The summed E-state index contributed by atoms with van der Waals surface area (Å²) in [5.41, 5.74) is 3.42. The molecular weight excluding hydrogens is 426 g/mol. The minimum absolute atomic E-state index is 0.150. The van der Waals surface area contributed by atoms with Crippen molar-refractivity contribution in [3.8, 4) is 17.4 Å². The van der Waals surface area contributed by atoms with Crippen molar-refractivity contribution in [1.82, 2.24) is 4.98 Å². The number of rotatable bonds is 9. The molecule has 2 amide bonds. The Balaban J connectivity index is 1.44. The van der Waals surface area contributed by atoms with Crippen molar-refractivity contribution < 1.29 is 19.1 Å². The Bertz CT molecular complexity index is 1090. The van der Waals surface area contributed by atoms with E-state index in [1.54, 1.807) is 19.2 Å². The second kappa shape index (κ2) is 11.2. The Hall–Kier alpha value is -3.52. The molecule has 2 aromatic carbocycles. The van der Waals surface area contributed by atoms with E-state index in [9.17, 15) is 9.59 Å². The first-order valence-electron chi connectivity index (χ1n) is 9.95. The van der Waals surface area contributed by atoms with Gasteiger partial charge in [-0.05, 0) is 55.3 Å². The Kier molecular flexibility index (Phi) is 8.10. The Morgan fingerprint density at radius 2 is 1.59 bits per heavy atom. The molecule has 0 saturated carbocycles. The largest absolute Gasteiger partial charge is 0.493 e. The highest BCUT2D eigenvalue weighted by Gasteiger charge is 2.09. The number of anilines is 2. The summed E-state index contributed by atoms with van der Waals surface area (Å²) in [6.45, 7) is 3.93. The van der Waals surface area contributed by atoms with Crippen molar-refractivity contribution >= 4 is 35.0 Å². The maximum atomic E-state index is 12.1. The smallest absolute Gasteiger partial charge is 0.234 e. The maximum Gasteiger partial charge on any atom is 0.234 e. The van der Waals surface area contributed by atoms with Gasteiger partial charge in [-0.25, -0.2) is 4.98 Å². The van der Waals surface area contributed by atoms with Crippen molar-refractivity contribution in [3.63, 3.8) is 0 Å². The lowest BCUT2D eigenvalue weighted by molar-refractivity contribution is -0.114. The monoisotopic (exact) mass is 451 g/mol. The summed E-state index contributed by atoms with van der Waals surface area (Å²) in [4.78, 5) is 28.4. The minimum atomic E-state index is -0.214. The number of hydrogen-bond donors (Lipinski definition) is 2. The second-order valence-corrected chi connectivity index (χ2v) is 8.09. The number of pyridine rings is 1. The Morgan fingerprint density at radius 1 is 0.875 bits per heavy atom. The van der Waals surface area contributed by atoms with Gasteiger partial charge < -0.3 is 20.1 Å². The molecule has 0 aliphatic heterocycles. The molecule has 3 rings (SSSR count). The fraction of sp³-hybridized carbons (Fsp3) is 0.208. The lowest BCUT2D eigenvalue weighted by atomic mass is 10.2. The van der Waals surface area contributed by atoms with E-state index in [2.05, 4.69) is 15.6 Å². The Morgan fingerprint density at radius 3 is 2.25 bits per heavy atom. The molecule has 0 fully saturated rings. The van der Waals surface area contributed by atoms with E-state index in [1.165, 1.54) is 18.0 Å². The van der Waals surface area contributed by atoms with Crippen molar-refractivity contribution in [1.29, 1.82) is 0 Å². The number of amides is 2. The van der Waals surface area contributed by atoms with E-state index in [1.807, 2.05) is 56.3 Å². The first-order chi connectivity index (χ1) is 15.4. The fourth-order valence-electron chi connectivity index (χ4n) is 2.84. The number of ether oxygens (including phenoxy) is 2. The van der Waals surface area contributed by atoms with Crippen LogP contribution in [0.15, 0.2) is 60.8 Å². The first kappa shape index (κ1) is 23.1. The van der Waals surface area contributed by atoms with Gasteiger partial charge in [0.1, 0.15) is 0 Å². The fourth-order valence-corrected chi connectivity index (χ4v) is 3.46. The van der Waals surface area contributed by atoms with Crippen LogP contribution in [-0.2, 0) is 9.59 Å². The number of carbonyl (C=O) groups excluding carboxylic acids is 2. The van der Waals surface area contributed by atoms with Crippen LogP contribution in [0.4, 0.5) is 11.4 Å². The van der Waals surface area contributed by atoms with Gasteiger partial charge in [0.15, 0.2) is 11.5 Å². The van der Waals surface area contributed by atoms with Gasteiger partial charge in [0.2, 0.25) is 17.7 Å². The summed E-state index contributed by atoms with van der Waals surface area (Å²) in [6, 6.07) is 16.6. The molecule has 0 radical (unpaired) electrons. The number of thioether (sulfide) groups is 1. The van der Waals surface area contributed by atoms with E-state index in [-0.39, 0.29) is 23.3 Å². The molecule has 0 spiro atoms. The van der Waals surface area contributed by atoms with Crippen LogP contribution in [0, 0.1) is 13.8 Å². The molecule has 0 saturated heterocycles. The van der Waals surface area contributed by atoms with Crippen LogP contribution >= 0.6 is 11.8 Å². The van der Waals surface area contributed by atoms with Gasteiger partial charge in [0.05, 0.1) is 30.5 Å². The standard InChI is InChI=1S/C24H25N3O4S/c1-16-5-4-6-18(11-16)26-22(28)14-32-15-23(29)27-19-8-10-24(25-13-19)31-20-9-7-17(2)12-21(20)30-3/h4-13H,14-15H2,1-3H3,(H,26,28)(H,27,29). The molecule has 2 N–H and O–H groups in total. The van der Waals surface area contributed by atoms with Gasteiger partial charge in [0.25, 0.3) is 0 Å². The van der Waals surface area contributed by atoms with Crippen LogP contribution in [0.2, 0.25) is 0 Å². The summed E-state index contributed by atoms with van der Waals surface area (Å²) in [7, 11) is 1.58. The van der Waals surface area contributed by atoms with E-state index in [0.717, 1.165) is 16.8 Å². The van der Waals surface area contributed by atoms with Crippen LogP contribution in [0.3, 0.4) is 0 Å². The van der Waals surface area contributed by atoms with Crippen molar-refractivity contribution in [2.24, 2.45) is 0 Å². The molecule has 8 heteroatoms. The van der Waals surface area contributed by atoms with Gasteiger partial charge in [-0.2, -0.15) is 0 Å². The third-order valence-electron chi connectivity index (χ3n) is 4.32. The average molecular weight is 452 g/mol. The molecular formula is C24H25N3O4S. The van der Waals surface area contributed by atoms with Crippen LogP contribution in [0.5, 0.6) is 17.4 Å². The van der Waals surface area contributed by atoms with Gasteiger partial charge in [-0.1, -0.05) is 18.2 Å². The van der Waals surface area contributed by atoms with Crippen molar-refractivity contribution in [3.05, 3.63) is 71.9 Å². The minimum Gasteiger partial charge on any atom is -0.493 e. The normalized spacial score (nSPS) is 10.3. The molecule has 0 aliphatic rings. The highest BCUT2D eigenvalue weighted by Crippen LogP contribution is 2.31. The zero-order valence-corrected chi connectivity index (χ0v) is 19.0. The molecule has 7 nitrogen and oxygen atoms in total. The molecule has 1 heterocycles. The van der Waals surface area contributed by atoms with Gasteiger partial charge in [-0.15, -0.1) is 11.8 Å². The highest BCUT2D eigenvalue weighted by molar-refractivity contribution is 8.00. The molecule has 0 bridgehead atoms. The summed E-state index contributed by atoms with van der Waals surface area (Å²) >= 11 is 1.24. The lowest BCUT2D eigenvalue weighted by Crippen LogP contribution is -2.18. The second-order valence-electron chi connectivity index (χ2n) is 7.10. The van der Waals surface area contributed by atoms with Crippen molar-refractivity contribution in [2.45, 2.75) is 13.8 Å². The molecule has 0 atom stereocenters. The molecule has 166 valence electrons. The Labute approximate surface area is 191 Å². The highest BCUT2D eigenvalue weighted by atomic mass is 32.2. The zero-order chi connectivity index (χ0) is 22.9. The van der Waals surface area contributed by atoms with Crippen LogP contribution in [-0.4, -0.2) is 35.4 Å². The van der Waals surface area contributed by atoms with E-state index < -0.39 is 0 Å². The molecule has 0 unspecified atom stereocenters. The number of benzene rings is 2. The summed E-state index contributed by atoms with van der Waals surface area (Å²) in [6.07, 6.45) is 1.52. The third-order valence-corrected chi connectivity index (χ3v) is 5.25. The summed E-state index contributed by atoms with van der Waals surface area (Å²) in [5.74, 6) is 1.53. The predicted molar refractivity (Wildman–Crippen MR) is 128 cm³/mol. The zero-order valence-electron chi connectivity index (χ0n) is 18.2. The lowest BCUT2D eigenvalue weighted by Gasteiger charge is -2.11. The number of carbonyl (C=O) groups is 2. The van der Waals surface area contributed by atoms with E-state index in [4.69, 9.17) is 9.47 Å². The predicted octanol–water partition coefficient (Wildman–Crippen LogP) is 4.81. The number of nitrogens with one attached hydrogen (secondary N) is 2. The van der Waals surface area contributed by atoms with Crippen molar-refractivity contribution in [2.75, 3.05) is 29.2 Å². The number of nitrogens with zero attached hydrogens (tertiary/aromatic N) is 1. The number of aromatic nitrogens is 1.